The molecule has 2 rings (SSSR count). The van der Waals surface area contributed by atoms with Crippen LogP contribution in [-0.2, 0) is 12.5 Å². The standard InChI is InChI=1S/C16H21F2N3/c1-16(2,3)15-8-14(21(4)20-15)12(9-19)11-7-10(17)5-6-13(11)18/h5-8,12H,9,19H2,1-4H3. The number of aryl methyl sites for hydroxylation is 1. The van der Waals surface area contributed by atoms with Crippen molar-refractivity contribution in [3.8, 4) is 0 Å². The van der Waals surface area contributed by atoms with Crippen LogP contribution in [0.15, 0.2) is 24.3 Å². The minimum absolute atomic E-state index is 0.115. The lowest BCUT2D eigenvalue weighted by Crippen LogP contribution is -2.18. The van der Waals surface area contributed by atoms with E-state index >= 15 is 0 Å². The molecule has 5 heteroatoms. The molecular weight excluding hydrogens is 272 g/mol. The summed E-state index contributed by atoms with van der Waals surface area (Å²) < 4.78 is 29.1. The van der Waals surface area contributed by atoms with Gasteiger partial charge in [0.2, 0.25) is 0 Å². The van der Waals surface area contributed by atoms with Gasteiger partial charge in [-0.15, -0.1) is 0 Å². The van der Waals surface area contributed by atoms with Crippen molar-refractivity contribution in [1.29, 1.82) is 0 Å². The van der Waals surface area contributed by atoms with Crippen molar-refractivity contribution in [3.05, 3.63) is 52.9 Å². The van der Waals surface area contributed by atoms with E-state index in [0.29, 0.717) is 0 Å². The van der Waals surface area contributed by atoms with E-state index in [1.165, 1.54) is 6.07 Å². The zero-order valence-corrected chi connectivity index (χ0v) is 12.8. The molecule has 1 unspecified atom stereocenters. The Kier molecular flexibility index (Phi) is 4.14. The average molecular weight is 293 g/mol. The van der Waals surface area contributed by atoms with Crippen molar-refractivity contribution in [2.45, 2.75) is 32.1 Å². The van der Waals surface area contributed by atoms with Gasteiger partial charge in [-0.2, -0.15) is 5.10 Å². The van der Waals surface area contributed by atoms with Crippen LogP contribution in [0, 0.1) is 11.6 Å². The predicted molar refractivity (Wildman–Crippen MR) is 79.2 cm³/mol. The van der Waals surface area contributed by atoms with Gasteiger partial charge < -0.3 is 5.73 Å². The number of rotatable bonds is 3. The van der Waals surface area contributed by atoms with Crippen LogP contribution in [0.3, 0.4) is 0 Å². The molecule has 0 radical (unpaired) electrons. The largest absolute Gasteiger partial charge is 0.329 e. The van der Waals surface area contributed by atoms with Gasteiger partial charge in [0, 0.05) is 36.2 Å². The average Bonchev–Trinajstić information content (AvgIpc) is 2.77. The van der Waals surface area contributed by atoms with Crippen LogP contribution in [0.4, 0.5) is 8.78 Å². The molecule has 21 heavy (non-hydrogen) atoms. The Balaban J connectivity index is 2.52. The van der Waals surface area contributed by atoms with Crippen molar-refractivity contribution in [1.82, 2.24) is 9.78 Å². The van der Waals surface area contributed by atoms with Crippen molar-refractivity contribution in [2.75, 3.05) is 6.54 Å². The van der Waals surface area contributed by atoms with E-state index in [2.05, 4.69) is 25.9 Å². The summed E-state index contributed by atoms with van der Waals surface area (Å²) in [5.41, 5.74) is 7.64. The maximum Gasteiger partial charge on any atom is 0.127 e. The molecule has 0 fully saturated rings. The first-order valence-corrected chi connectivity index (χ1v) is 6.93. The summed E-state index contributed by atoms with van der Waals surface area (Å²) in [6.07, 6.45) is 0. The molecule has 3 nitrogen and oxygen atoms in total. The lowest BCUT2D eigenvalue weighted by molar-refractivity contribution is 0.545. The third-order valence-corrected chi connectivity index (χ3v) is 3.61. The van der Waals surface area contributed by atoms with Crippen molar-refractivity contribution < 1.29 is 8.78 Å². The third-order valence-electron chi connectivity index (χ3n) is 3.61. The summed E-state index contributed by atoms with van der Waals surface area (Å²) in [6, 6.07) is 5.36. The number of hydrogen-bond acceptors (Lipinski definition) is 2. The Bertz CT molecular complexity index is 641. The first-order chi connectivity index (χ1) is 9.74. The lowest BCUT2D eigenvalue weighted by atomic mass is 9.89. The smallest absolute Gasteiger partial charge is 0.127 e. The number of halogens is 2. The van der Waals surface area contributed by atoms with Crippen molar-refractivity contribution >= 4 is 0 Å². The highest BCUT2D eigenvalue weighted by atomic mass is 19.1. The number of nitrogens with zero attached hydrogens (tertiary/aromatic N) is 2. The summed E-state index contributed by atoms with van der Waals surface area (Å²) in [4.78, 5) is 0. The molecule has 0 bridgehead atoms. The molecule has 114 valence electrons. The van der Waals surface area contributed by atoms with Crippen LogP contribution in [0.2, 0.25) is 0 Å². The quantitative estimate of drug-likeness (QED) is 0.945. The second kappa shape index (κ2) is 5.56. The topological polar surface area (TPSA) is 43.8 Å². The number of nitrogens with two attached hydrogens (primary N) is 1. The van der Waals surface area contributed by atoms with E-state index < -0.39 is 17.6 Å². The Labute approximate surface area is 123 Å². The molecule has 1 heterocycles. The molecule has 2 aromatic rings. The van der Waals surface area contributed by atoms with Crippen LogP contribution in [-0.4, -0.2) is 16.3 Å². The fourth-order valence-corrected chi connectivity index (χ4v) is 2.36. The van der Waals surface area contributed by atoms with Gasteiger partial charge in [-0.25, -0.2) is 8.78 Å². The van der Waals surface area contributed by atoms with E-state index in [4.69, 9.17) is 5.73 Å². The van der Waals surface area contributed by atoms with Gasteiger partial charge in [-0.1, -0.05) is 20.8 Å². The van der Waals surface area contributed by atoms with Crippen molar-refractivity contribution in [3.63, 3.8) is 0 Å². The zero-order chi connectivity index (χ0) is 15.8. The van der Waals surface area contributed by atoms with E-state index in [-0.39, 0.29) is 17.5 Å². The molecule has 0 aliphatic carbocycles. The maximum atomic E-state index is 14.0. The van der Waals surface area contributed by atoms with Gasteiger partial charge in [-0.05, 0) is 24.3 Å². The van der Waals surface area contributed by atoms with Gasteiger partial charge in [0.15, 0.2) is 0 Å². The molecule has 1 aromatic heterocycles. The molecule has 0 spiro atoms. The molecule has 2 N–H and O–H groups in total. The molecule has 1 aromatic carbocycles. The second-order valence-electron chi connectivity index (χ2n) is 6.28. The summed E-state index contributed by atoms with van der Waals surface area (Å²) in [5.74, 6) is -1.34. The minimum atomic E-state index is -0.469. The summed E-state index contributed by atoms with van der Waals surface area (Å²) in [7, 11) is 1.80. The normalized spacial score (nSPS) is 13.5. The number of hydrogen-bond donors (Lipinski definition) is 1. The van der Waals surface area contributed by atoms with E-state index in [1.54, 1.807) is 11.7 Å². The maximum absolute atomic E-state index is 14.0. The Hall–Kier alpha value is -1.75. The Morgan fingerprint density at radius 3 is 2.43 bits per heavy atom. The molecule has 0 aliphatic rings. The lowest BCUT2D eigenvalue weighted by Gasteiger charge is -2.16. The summed E-state index contributed by atoms with van der Waals surface area (Å²) in [6.45, 7) is 6.35. The third kappa shape index (κ3) is 3.13. The number of aromatic nitrogens is 2. The highest BCUT2D eigenvalue weighted by Gasteiger charge is 2.25. The highest BCUT2D eigenvalue weighted by molar-refractivity contribution is 5.33. The van der Waals surface area contributed by atoms with Gasteiger partial charge >= 0.3 is 0 Å². The van der Waals surface area contributed by atoms with Crippen LogP contribution >= 0.6 is 0 Å². The fourth-order valence-electron chi connectivity index (χ4n) is 2.36. The van der Waals surface area contributed by atoms with Gasteiger partial charge in [-0.3, -0.25) is 4.68 Å². The monoisotopic (exact) mass is 293 g/mol. The minimum Gasteiger partial charge on any atom is -0.329 e. The van der Waals surface area contributed by atoms with E-state index in [1.807, 2.05) is 6.07 Å². The SMILES string of the molecule is Cn1nc(C(C)(C)C)cc1C(CN)c1cc(F)ccc1F. The van der Waals surface area contributed by atoms with E-state index in [9.17, 15) is 8.78 Å². The van der Waals surface area contributed by atoms with E-state index in [0.717, 1.165) is 23.5 Å². The summed E-state index contributed by atoms with van der Waals surface area (Å²) in [5, 5.41) is 4.47. The highest BCUT2D eigenvalue weighted by Crippen LogP contribution is 2.30. The Morgan fingerprint density at radius 1 is 1.24 bits per heavy atom. The first kappa shape index (κ1) is 15.6. The first-order valence-electron chi connectivity index (χ1n) is 6.93. The van der Waals surface area contributed by atoms with Gasteiger partial charge in [0.05, 0.1) is 5.69 Å². The number of benzene rings is 1. The van der Waals surface area contributed by atoms with Crippen LogP contribution in [0.25, 0.3) is 0 Å². The Morgan fingerprint density at radius 2 is 1.90 bits per heavy atom. The van der Waals surface area contributed by atoms with Crippen molar-refractivity contribution in [2.24, 2.45) is 12.8 Å². The second-order valence-corrected chi connectivity index (χ2v) is 6.28. The molecule has 0 saturated carbocycles. The fraction of sp³-hybridized carbons (Fsp3) is 0.438. The molecule has 1 atom stereocenters. The molecule has 0 amide bonds. The summed E-state index contributed by atoms with van der Waals surface area (Å²) >= 11 is 0. The van der Waals surface area contributed by atoms with Crippen LogP contribution in [0.5, 0.6) is 0 Å². The van der Waals surface area contributed by atoms with Gasteiger partial charge in [0.1, 0.15) is 11.6 Å². The zero-order valence-electron chi connectivity index (χ0n) is 12.8. The van der Waals surface area contributed by atoms with Crippen LogP contribution < -0.4 is 5.73 Å². The molecule has 0 saturated heterocycles. The molecule has 0 aliphatic heterocycles. The van der Waals surface area contributed by atoms with Gasteiger partial charge in [0.25, 0.3) is 0 Å². The molecular formula is C16H21F2N3. The predicted octanol–water partition coefficient (Wildman–Crippen LogP) is 3.09. The van der Waals surface area contributed by atoms with Crippen LogP contribution in [0.1, 0.15) is 43.6 Å².